The fraction of sp³-hybridized carbons (Fsp3) is 0.600. The van der Waals surface area contributed by atoms with Crippen molar-refractivity contribution in [1.82, 2.24) is 10.3 Å². The van der Waals surface area contributed by atoms with E-state index in [2.05, 4.69) is 15.6 Å². The van der Waals surface area contributed by atoms with Crippen LogP contribution in [0.5, 0.6) is 0 Å². The van der Waals surface area contributed by atoms with Crippen molar-refractivity contribution in [2.45, 2.75) is 25.7 Å². The van der Waals surface area contributed by atoms with E-state index in [9.17, 15) is 4.79 Å². The third kappa shape index (κ3) is 3.70. The lowest BCUT2D eigenvalue weighted by Crippen LogP contribution is -2.31. The van der Waals surface area contributed by atoms with E-state index in [4.69, 9.17) is 5.73 Å². The van der Waals surface area contributed by atoms with Crippen molar-refractivity contribution in [3.63, 3.8) is 0 Å². The minimum atomic E-state index is -0.161. The Kier molecular flexibility index (Phi) is 5.35. The predicted octanol–water partition coefficient (Wildman–Crippen LogP) is 1.62. The molecule has 0 bridgehead atoms. The zero-order valence-corrected chi connectivity index (χ0v) is 12.1. The highest BCUT2D eigenvalue weighted by molar-refractivity contribution is 5.92. The Labute approximate surface area is 120 Å². The molecule has 5 heteroatoms. The fourth-order valence-electron chi connectivity index (χ4n) is 2.91. The number of rotatable bonds is 5. The van der Waals surface area contributed by atoms with Crippen LogP contribution in [-0.4, -0.2) is 31.0 Å². The Morgan fingerprint density at radius 2 is 2.15 bits per heavy atom. The summed E-state index contributed by atoms with van der Waals surface area (Å²) in [5.41, 5.74) is 7.24. The standard InChI is InChI=1S/C15H24N4O/c1-17-15(20)14-8-13(6-7-18-14)19-10-12-5-3-2-4-11(12)9-16/h6-8,11-12H,2-5,9-10,16H2,1H3,(H,17,20)(H,18,19). The lowest BCUT2D eigenvalue weighted by molar-refractivity contribution is 0.0958. The predicted molar refractivity (Wildman–Crippen MR) is 80.6 cm³/mol. The van der Waals surface area contributed by atoms with Crippen molar-refractivity contribution in [3.05, 3.63) is 24.0 Å². The van der Waals surface area contributed by atoms with Gasteiger partial charge in [-0.2, -0.15) is 0 Å². The second-order valence-electron chi connectivity index (χ2n) is 5.43. The van der Waals surface area contributed by atoms with E-state index in [0.717, 1.165) is 18.8 Å². The Morgan fingerprint density at radius 3 is 2.85 bits per heavy atom. The van der Waals surface area contributed by atoms with Crippen LogP contribution in [0.15, 0.2) is 18.3 Å². The minimum Gasteiger partial charge on any atom is -0.385 e. The van der Waals surface area contributed by atoms with E-state index in [-0.39, 0.29) is 5.91 Å². The number of amides is 1. The highest BCUT2D eigenvalue weighted by atomic mass is 16.1. The molecule has 110 valence electrons. The second-order valence-corrected chi connectivity index (χ2v) is 5.43. The third-order valence-electron chi connectivity index (χ3n) is 4.16. The number of carbonyl (C=O) groups is 1. The van der Waals surface area contributed by atoms with E-state index in [0.29, 0.717) is 17.5 Å². The number of anilines is 1. The van der Waals surface area contributed by atoms with E-state index in [1.807, 2.05) is 6.07 Å². The van der Waals surface area contributed by atoms with Gasteiger partial charge in [0.25, 0.3) is 5.91 Å². The van der Waals surface area contributed by atoms with Crippen LogP contribution in [0.25, 0.3) is 0 Å². The molecule has 0 aliphatic heterocycles. The van der Waals surface area contributed by atoms with Crippen molar-refractivity contribution in [3.8, 4) is 0 Å². The molecule has 1 amide bonds. The van der Waals surface area contributed by atoms with Gasteiger partial charge in [0.15, 0.2) is 0 Å². The second kappa shape index (κ2) is 7.24. The topological polar surface area (TPSA) is 80.0 Å². The first-order chi connectivity index (χ1) is 9.74. The highest BCUT2D eigenvalue weighted by Gasteiger charge is 2.23. The number of aromatic nitrogens is 1. The maximum Gasteiger partial charge on any atom is 0.269 e. The number of nitrogens with zero attached hydrogens (tertiary/aromatic N) is 1. The van der Waals surface area contributed by atoms with Gasteiger partial charge in [-0.1, -0.05) is 12.8 Å². The Hall–Kier alpha value is -1.62. The molecular formula is C15H24N4O. The molecule has 0 saturated heterocycles. The summed E-state index contributed by atoms with van der Waals surface area (Å²) in [7, 11) is 1.61. The van der Waals surface area contributed by atoms with Gasteiger partial charge in [0, 0.05) is 25.5 Å². The third-order valence-corrected chi connectivity index (χ3v) is 4.16. The molecule has 0 spiro atoms. The first-order valence-electron chi connectivity index (χ1n) is 7.36. The number of hydrogen-bond acceptors (Lipinski definition) is 4. The van der Waals surface area contributed by atoms with Crippen LogP contribution >= 0.6 is 0 Å². The lowest BCUT2D eigenvalue weighted by atomic mass is 9.79. The molecule has 0 radical (unpaired) electrons. The quantitative estimate of drug-likeness (QED) is 0.763. The van der Waals surface area contributed by atoms with Crippen molar-refractivity contribution in [2.75, 3.05) is 25.5 Å². The molecule has 5 nitrogen and oxygen atoms in total. The lowest BCUT2D eigenvalue weighted by Gasteiger charge is -2.31. The summed E-state index contributed by atoms with van der Waals surface area (Å²) in [5.74, 6) is 1.09. The molecule has 1 heterocycles. The summed E-state index contributed by atoms with van der Waals surface area (Å²) in [5, 5.41) is 6.01. The Bertz CT molecular complexity index is 449. The van der Waals surface area contributed by atoms with Crippen LogP contribution in [0, 0.1) is 11.8 Å². The molecule has 1 fully saturated rings. The van der Waals surface area contributed by atoms with E-state index in [1.54, 1.807) is 19.3 Å². The molecular weight excluding hydrogens is 252 g/mol. The molecule has 2 unspecified atom stereocenters. The van der Waals surface area contributed by atoms with Gasteiger partial charge in [-0.15, -0.1) is 0 Å². The van der Waals surface area contributed by atoms with E-state index in [1.165, 1.54) is 25.7 Å². The minimum absolute atomic E-state index is 0.161. The van der Waals surface area contributed by atoms with Crippen molar-refractivity contribution in [1.29, 1.82) is 0 Å². The molecule has 0 aromatic carbocycles. The van der Waals surface area contributed by atoms with Gasteiger partial charge in [-0.25, -0.2) is 0 Å². The molecule has 1 aromatic rings. The van der Waals surface area contributed by atoms with Gasteiger partial charge >= 0.3 is 0 Å². The summed E-state index contributed by atoms with van der Waals surface area (Å²) in [4.78, 5) is 15.6. The molecule has 1 aliphatic carbocycles. The molecule has 4 N–H and O–H groups in total. The van der Waals surface area contributed by atoms with Crippen molar-refractivity contribution in [2.24, 2.45) is 17.6 Å². The van der Waals surface area contributed by atoms with Gasteiger partial charge < -0.3 is 16.4 Å². The van der Waals surface area contributed by atoms with Gasteiger partial charge in [-0.05, 0) is 43.4 Å². The van der Waals surface area contributed by atoms with Crippen LogP contribution in [0.2, 0.25) is 0 Å². The molecule has 2 atom stereocenters. The molecule has 1 aliphatic rings. The zero-order valence-electron chi connectivity index (χ0n) is 12.1. The summed E-state index contributed by atoms with van der Waals surface area (Å²) in [6.45, 7) is 1.69. The fourth-order valence-corrected chi connectivity index (χ4v) is 2.91. The van der Waals surface area contributed by atoms with Gasteiger partial charge in [0.05, 0.1) is 0 Å². The molecule has 1 aromatic heterocycles. The molecule has 1 saturated carbocycles. The van der Waals surface area contributed by atoms with Crippen LogP contribution in [0.3, 0.4) is 0 Å². The summed E-state index contributed by atoms with van der Waals surface area (Å²) in [6, 6.07) is 3.69. The van der Waals surface area contributed by atoms with Crippen molar-refractivity contribution >= 4 is 11.6 Å². The number of nitrogens with one attached hydrogen (secondary N) is 2. The number of pyridine rings is 1. The first kappa shape index (κ1) is 14.8. The maximum absolute atomic E-state index is 11.6. The van der Waals surface area contributed by atoms with Crippen LogP contribution < -0.4 is 16.4 Å². The van der Waals surface area contributed by atoms with Gasteiger partial charge in [0.1, 0.15) is 5.69 Å². The maximum atomic E-state index is 11.6. The van der Waals surface area contributed by atoms with Crippen LogP contribution in [0.1, 0.15) is 36.2 Å². The van der Waals surface area contributed by atoms with Crippen molar-refractivity contribution < 1.29 is 4.79 Å². The number of carbonyl (C=O) groups excluding carboxylic acids is 1. The summed E-state index contributed by atoms with van der Waals surface area (Å²) in [6.07, 6.45) is 6.73. The first-order valence-corrected chi connectivity index (χ1v) is 7.36. The molecule has 2 rings (SSSR count). The van der Waals surface area contributed by atoms with Crippen LogP contribution in [0.4, 0.5) is 5.69 Å². The van der Waals surface area contributed by atoms with Gasteiger partial charge in [-0.3, -0.25) is 9.78 Å². The Balaban J connectivity index is 1.94. The number of hydrogen-bond donors (Lipinski definition) is 3. The largest absolute Gasteiger partial charge is 0.385 e. The smallest absolute Gasteiger partial charge is 0.269 e. The Morgan fingerprint density at radius 1 is 1.40 bits per heavy atom. The monoisotopic (exact) mass is 276 g/mol. The SMILES string of the molecule is CNC(=O)c1cc(NCC2CCCCC2CN)ccn1. The zero-order chi connectivity index (χ0) is 14.4. The van der Waals surface area contributed by atoms with E-state index >= 15 is 0 Å². The normalized spacial score (nSPS) is 22.3. The van der Waals surface area contributed by atoms with Crippen LogP contribution in [-0.2, 0) is 0 Å². The van der Waals surface area contributed by atoms with E-state index < -0.39 is 0 Å². The highest BCUT2D eigenvalue weighted by Crippen LogP contribution is 2.29. The summed E-state index contributed by atoms with van der Waals surface area (Å²) >= 11 is 0. The average Bonchev–Trinajstić information content (AvgIpc) is 2.52. The average molecular weight is 276 g/mol. The van der Waals surface area contributed by atoms with Gasteiger partial charge in [0.2, 0.25) is 0 Å². The number of nitrogens with two attached hydrogens (primary N) is 1. The summed E-state index contributed by atoms with van der Waals surface area (Å²) < 4.78 is 0. The molecule has 20 heavy (non-hydrogen) atoms.